The van der Waals surface area contributed by atoms with Crippen LogP contribution in [0.1, 0.15) is 45.0 Å². The molecule has 1 N–H and O–H groups in total. The van der Waals surface area contributed by atoms with E-state index in [0.29, 0.717) is 12.1 Å². The predicted molar refractivity (Wildman–Crippen MR) is 81.9 cm³/mol. The van der Waals surface area contributed by atoms with Gasteiger partial charge >= 0.3 is 0 Å². The van der Waals surface area contributed by atoms with Crippen LogP contribution in [0.25, 0.3) is 0 Å². The van der Waals surface area contributed by atoms with E-state index in [1.165, 1.54) is 24.2 Å². The molecule has 0 aliphatic heterocycles. The molecule has 2 atom stereocenters. The summed E-state index contributed by atoms with van der Waals surface area (Å²) >= 11 is 0. The fourth-order valence-corrected chi connectivity index (χ4v) is 2.93. The third-order valence-corrected chi connectivity index (χ3v) is 4.13. The molecular weight excluding hydrogens is 250 g/mol. The lowest BCUT2D eigenvalue weighted by atomic mass is 10.0. The summed E-state index contributed by atoms with van der Waals surface area (Å²) in [4.78, 5) is 0. The topological polar surface area (TPSA) is 39.1 Å². The second-order valence-corrected chi connectivity index (χ2v) is 5.73. The van der Waals surface area contributed by atoms with E-state index >= 15 is 0 Å². The largest absolute Gasteiger partial charge is 0.377 e. The summed E-state index contributed by atoms with van der Waals surface area (Å²) in [6.07, 6.45) is 4.98. The molecule has 0 amide bonds. The Balaban J connectivity index is 2.08. The number of nitrogens with zero attached hydrogens (tertiary/aromatic N) is 2. The summed E-state index contributed by atoms with van der Waals surface area (Å²) in [5, 5.41) is 8.18. The predicted octanol–water partition coefficient (Wildman–Crippen LogP) is 2.32. The van der Waals surface area contributed by atoms with Gasteiger partial charge in [-0.3, -0.25) is 4.68 Å². The van der Waals surface area contributed by atoms with Gasteiger partial charge in [-0.2, -0.15) is 5.10 Å². The molecule has 1 saturated carbocycles. The Kier molecular flexibility index (Phi) is 5.61. The lowest BCUT2D eigenvalue weighted by Crippen LogP contribution is -2.44. The molecule has 4 heteroatoms. The minimum atomic E-state index is 0.347. The maximum absolute atomic E-state index is 6.03. The van der Waals surface area contributed by atoms with Crippen LogP contribution in [0.5, 0.6) is 0 Å². The van der Waals surface area contributed by atoms with Crippen LogP contribution in [0, 0.1) is 5.92 Å². The van der Waals surface area contributed by atoms with Crippen LogP contribution in [-0.2, 0) is 24.6 Å². The molecule has 20 heavy (non-hydrogen) atoms. The first kappa shape index (κ1) is 15.5. The number of likely N-dealkylation sites (N-methyl/N-ethyl adjacent to an activating group) is 1. The minimum Gasteiger partial charge on any atom is -0.377 e. The standard InChI is InChI=1S/C16H29N3O/c1-5-13-10-14(19(4)18-13)11-15(17-6-2)16(20-7-3)12-8-9-12/h10,12,15-17H,5-9,11H2,1-4H3. The zero-order chi connectivity index (χ0) is 14.5. The Morgan fingerprint density at radius 3 is 2.65 bits per heavy atom. The third-order valence-electron chi connectivity index (χ3n) is 4.13. The van der Waals surface area contributed by atoms with Gasteiger partial charge in [0.05, 0.1) is 11.8 Å². The molecule has 1 fully saturated rings. The Bertz CT molecular complexity index is 412. The summed E-state index contributed by atoms with van der Waals surface area (Å²) in [6.45, 7) is 8.20. The van der Waals surface area contributed by atoms with Gasteiger partial charge in [-0.1, -0.05) is 13.8 Å². The number of ether oxygens (including phenoxy) is 1. The SMILES string of the molecule is CCNC(Cc1cc(CC)nn1C)C(OCC)C1CC1. The van der Waals surface area contributed by atoms with Crippen LogP contribution in [-0.4, -0.2) is 35.1 Å². The molecule has 1 aromatic heterocycles. The van der Waals surface area contributed by atoms with Crippen molar-refractivity contribution in [1.82, 2.24) is 15.1 Å². The van der Waals surface area contributed by atoms with E-state index in [1.54, 1.807) is 0 Å². The van der Waals surface area contributed by atoms with Crippen molar-refractivity contribution < 1.29 is 4.74 Å². The molecule has 0 aromatic carbocycles. The van der Waals surface area contributed by atoms with Crippen LogP contribution in [0.2, 0.25) is 0 Å². The lowest BCUT2D eigenvalue weighted by Gasteiger charge is -2.28. The molecule has 1 aromatic rings. The lowest BCUT2D eigenvalue weighted by molar-refractivity contribution is 0.0192. The van der Waals surface area contributed by atoms with Gasteiger partial charge in [0.25, 0.3) is 0 Å². The molecule has 0 spiro atoms. The van der Waals surface area contributed by atoms with Gasteiger partial charge in [0, 0.05) is 31.8 Å². The van der Waals surface area contributed by atoms with Crippen molar-refractivity contribution in [3.8, 4) is 0 Å². The minimum absolute atomic E-state index is 0.347. The first-order chi connectivity index (χ1) is 9.69. The van der Waals surface area contributed by atoms with E-state index in [0.717, 1.165) is 31.9 Å². The Labute approximate surface area is 122 Å². The number of aryl methyl sites for hydroxylation is 2. The zero-order valence-electron chi connectivity index (χ0n) is 13.4. The molecule has 2 unspecified atom stereocenters. The molecule has 114 valence electrons. The summed E-state index contributed by atoms with van der Waals surface area (Å²) < 4.78 is 8.06. The highest BCUT2D eigenvalue weighted by molar-refractivity contribution is 5.12. The smallest absolute Gasteiger partial charge is 0.0759 e. The number of rotatable bonds is 9. The van der Waals surface area contributed by atoms with E-state index in [1.807, 2.05) is 11.7 Å². The summed E-state index contributed by atoms with van der Waals surface area (Å²) in [5.41, 5.74) is 2.48. The highest BCUT2D eigenvalue weighted by atomic mass is 16.5. The fraction of sp³-hybridized carbons (Fsp3) is 0.812. The summed E-state index contributed by atoms with van der Waals surface area (Å²) in [5.74, 6) is 0.748. The highest BCUT2D eigenvalue weighted by Crippen LogP contribution is 2.36. The van der Waals surface area contributed by atoms with Crippen LogP contribution in [0.3, 0.4) is 0 Å². The average Bonchev–Trinajstić information content (AvgIpc) is 3.21. The highest BCUT2D eigenvalue weighted by Gasteiger charge is 2.37. The molecule has 4 nitrogen and oxygen atoms in total. The quantitative estimate of drug-likeness (QED) is 0.754. The number of aromatic nitrogens is 2. The van der Waals surface area contributed by atoms with Gasteiger partial charge in [0.15, 0.2) is 0 Å². The van der Waals surface area contributed by atoms with E-state index < -0.39 is 0 Å². The maximum atomic E-state index is 6.03. The zero-order valence-corrected chi connectivity index (χ0v) is 13.4. The Morgan fingerprint density at radius 2 is 2.15 bits per heavy atom. The van der Waals surface area contributed by atoms with Gasteiger partial charge in [-0.15, -0.1) is 0 Å². The monoisotopic (exact) mass is 279 g/mol. The van der Waals surface area contributed by atoms with E-state index in [2.05, 4.69) is 37.3 Å². The summed E-state index contributed by atoms with van der Waals surface area (Å²) in [6, 6.07) is 2.63. The maximum Gasteiger partial charge on any atom is 0.0759 e. The fourth-order valence-electron chi connectivity index (χ4n) is 2.93. The third kappa shape index (κ3) is 3.83. The van der Waals surface area contributed by atoms with E-state index in [9.17, 15) is 0 Å². The first-order valence-corrected chi connectivity index (χ1v) is 8.06. The molecule has 0 bridgehead atoms. The number of hydrogen-bond donors (Lipinski definition) is 1. The van der Waals surface area contributed by atoms with Gasteiger partial charge in [-0.25, -0.2) is 0 Å². The molecule has 0 radical (unpaired) electrons. The van der Waals surface area contributed by atoms with Crippen molar-refractivity contribution in [2.75, 3.05) is 13.2 Å². The molecule has 0 saturated heterocycles. The average molecular weight is 279 g/mol. The molecule has 1 heterocycles. The molecule has 1 aliphatic carbocycles. The number of nitrogens with one attached hydrogen (secondary N) is 1. The van der Waals surface area contributed by atoms with Crippen LogP contribution >= 0.6 is 0 Å². The Hall–Kier alpha value is -0.870. The van der Waals surface area contributed by atoms with Crippen LogP contribution in [0.4, 0.5) is 0 Å². The van der Waals surface area contributed by atoms with E-state index in [4.69, 9.17) is 4.74 Å². The van der Waals surface area contributed by atoms with Gasteiger partial charge in [0.2, 0.25) is 0 Å². The van der Waals surface area contributed by atoms with Crippen molar-refractivity contribution >= 4 is 0 Å². The normalized spacial score (nSPS) is 18.2. The van der Waals surface area contributed by atoms with Crippen molar-refractivity contribution in [2.45, 2.75) is 58.6 Å². The van der Waals surface area contributed by atoms with Crippen molar-refractivity contribution in [1.29, 1.82) is 0 Å². The van der Waals surface area contributed by atoms with Crippen LogP contribution in [0.15, 0.2) is 6.07 Å². The van der Waals surface area contributed by atoms with Crippen molar-refractivity contribution in [3.05, 3.63) is 17.5 Å². The first-order valence-electron chi connectivity index (χ1n) is 8.06. The second kappa shape index (κ2) is 7.23. The van der Waals surface area contributed by atoms with Gasteiger partial charge < -0.3 is 10.1 Å². The number of hydrogen-bond acceptors (Lipinski definition) is 3. The second-order valence-electron chi connectivity index (χ2n) is 5.73. The molecule has 2 rings (SSSR count). The van der Waals surface area contributed by atoms with Gasteiger partial charge in [0.1, 0.15) is 0 Å². The summed E-state index contributed by atoms with van der Waals surface area (Å²) in [7, 11) is 2.05. The van der Waals surface area contributed by atoms with Gasteiger partial charge in [-0.05, 0) is 44.7 Å². The molecular formula is C16H29N3O. The van der Waals surface area contributed by atoms with Crippen LogP contribution < -0.4 is 5.32 Å². The molecule has 1 aliphatic rings. The van der Waals surface area contributed by atoms with Crippen molar-refractivity contribution in [2.24, 2.45) is 13.0 Å². The van der Waals surface area contributed by atoms with E-state index in [-0.39, 0.29) is 0 Å². The van der Waals surface area contributed by atoms with Crippen molar-refractivity contribution in [3.63, 3.8) is 0 Å². The Morgan fingerprint density at radius 1 is 1.40 bits per heavy atom.